The summed E-state index contributed by atoms with van der Waals surface area (Å²) >= 11 is 0. The Labute approximate surface area is 277 Å². The van der Waals surface area contributed by atoms with Gasteiger partial charge in [0.1, 0.15) is 6.04 Å². The van der Waals surface area contributed by atoms with E-state index in [0.29, 0.717) is 31.5 Å². The second-order valence-electron chi connectivity index (χ2n) is 12.3. The Bertz CT molecular complexity index is 1780. The lowest BCUT2D eigenvalue weighted by atomic mass is 9.97. The Morgan fingerprint density at radius 1 is 1.15 bits per heavy atom. The first-order chi connectivity index (χ1) is 23.2. The SMILES string of the molecule is [2H]C(C(=O)N1CCC[C@H]1C(=O)O)N(Cc1cccc2ccccc12)C[C@@H](NC(=O)Cc1cncn1Cc1ccc(C#N)cc1)[C@@H](C)CC. The number of nitrogens with one attached hydrogen (secondary N) is 1. The highest BCUT2D eigenvalue weighted by Crippen LogP contribution is 2.23. The van der Waals surface area contributed by atoms with Gasteiger partial charge in [0.2, 0.25) is 11.8 Å². The first-order valence-electron chi connectivity index (χ1n) is 16.7. The first-order valence-corrected chi connectivity index (χ1v) is 16.1. The fourth-order valence-electron chi connectivity index (χ4n) is 6.18. The number of aromatic nitrogens is 2. The molecule has 10 heteroatoms. The minimum Gasteiger partial charge on any atom is -0.480 e. The fourth-order valence-corrected chi connectivity index (χ4v) is 6.18. The summed E-state index contributed by atoms with van der Waals surface area (Å²) in [5, 5.41) is 24.1. The lowest BCUT2D eigenvalue weighted by Gasteiger charge is -2.33. The second-order valence-corrected chi connectivity index (χ2v) is 12.3. The van der Waals surface area contributed by atoms with Crippen molar-refractivity contribution in [1.29, 1.82) is 5.26 Å². The van der Waals surface area contributed by atoms with Gasteiger partial charge in [-0.25, -0.2) is 9.78 Å². The average Bonchev–Trinajstić information content (AvgIpc) is 3.77. The van der Waals surface area contributed by atoms with Crippen LogP contribution in [0.2, 0.25) is 0 Å². The van der Waals surface area contributed by atoms with Gasteiger partial charge in [0.15, 0.2) is 0 Å². The normalized spacial score (nSPS) is 16.8. The predicted octanol–water partition coefficient (Wildman–Crippen LogP) is 4.61. The molecule has 1 fully saturated rings. The van der Waals surface area contributed by atoms with Crippen molar-refractivity contribution >= 4 is 28.6 Å². The van der Waals surface area contributed by atoms with Gasteiger partial charge >= 0.3 is 5.97 Å². The molecule has 5 rings (SSSR count). The van der Waals surface area contributed by atoms with Crippen molar-refractivity contribution in [3.63, 3.8) is 0 Å². The largest absolute Gasteiger partial charge is 0.480 e. The van der Waals surface area contributed by atoms with Gasteiger partial charge in [0.05, 0.1) is 32.3 Å². The van der Waals surface area contributed by atoms with Crippen LogP contribution in [0.4, 0.5) is 0 Å². The Balaban J connectivity index is 1.37. The third-order valence-electron chi connectivity index (χ3n) is 9.05. The van der Waals surface area contributed by atoms with Crippen LogP contribution in [0.15, 0.2) is 79.3 Å². The molecule has 0 saturated carbocycles. The summed E-state index contributed by atoms with van der Waals surface area (Å²) in [5.74, 6) is -1.78. The zero-order valence-electron chi connectivity index (χ0n) is 27.9. The van der Waals surface area contributed by atoms with E-state index in [1.807, 2.05) is 73.0 Å². The highest BCUT2D eigenvalue weighted by molar-refractivity contribution is 5.87. The Kier molecular flexibility index (Phi) is 10.6. The van der Waals surface area contributed by atoms with Gasteiger partial charge in [0.25, 0.3) is 0 Å². The van der Waals surface area contributed by atoms with E-state index in [0.717, 1.165) is 34.0 Å². The summed E-state index contributed by atoms with van der Waals surface area (Å²) in [6.07, 6.45) is 5.13. The molecule has 244 valence electrons. The molecule has 47 heavy (non-hydrogen) atoms. The Morgan fingerprint density at radius 2 is 1.91 bits per heavy atom. The zero-order valence-corrected chi connectivity index (χ0v) is 26.9. The topological polar surface area (TPSA) is 132 Å². The van der Waals surface area contributed by atoms with Gasteiger partial charge in [-0.2, -0.15) is 5.26 Å². The number of carbonyl (C=O) groups excluding carboxylic acids is 2. The summed E-state index contributed by atoms with van der Waals surface area (Å²) < 4.78 is 11.1. The maximum atomic E-state index is 13.8. The van der Waals surface area contributed by atoms with Gasteiger partial charge < -0.3 is 19.9 Å². The van der Waals surface area contributed by atoms with Gasteiger partial charge in [-0.15, -0.1) is 0 Å². The highest BCUT2D eigenvalue weighted by atomic mass is 16.4. The smallest absolute Gasteiger partial charge is 0.326 e. The van der Waals surface area contributed by atoms with Gasteiger partial charge in [-0.1, -0.05) is 74.9 Å². The van der Waals surface area contributed by atoms with E-state index in [-0.39, 0.29) is 37.4 Å². The van der Waals surface area contributed by atoms with E-state index in [1.165, 1.54) is 4.90 Å². The van der Waals surface area contributed by atoms with Gasteiger partial charge in [0, 0.05) is 44.1 Å². The third kappa shape index (κ3) is 8.43. The number of carboxylic acids is 1. The number of amides is 2. The number of hydrogen-bond donors (Lipinski definition) is 2. The molecule has 2 N–H and O–H groups in total. The van der Waals surface area contributed by atoms with E-state index in [2.05, 4.69) is 16.4 Å². The maximum absolute atomic E-state index is 13.8. The molecule has 1 unspecified atom stereocenters. The minimum absolute atomic E-state index is 0.0217. The van der Waals surface area contributed by atoms with E-state index in [1.54, 1.807) is 29.6 Å². The Morgan fingerprint density at radius 3 is 2.66 bits per heavy atom. The quantitative estimate of drug-likeness (QED) is 0.207. The van der Waals surface area contributed by atoms with E-state index in [9.17, 15) is 20.9 Å². The summed E-state index contributed by atoms with van der Waals surface area (Å²) in [5.41, 5.74) is 3.22. The average molecular weight is 636 g/mol. The van der Waals surface area contributed by atoms with Crippen LogP contribution in [0, 0.1) is 17.2 Å². The summed E-state index contributed by atoms with van der Waals surface area (Å²) in [6.45, 7) is 4.01. The molecule has 4 atom stereocenters. The predicted molar refractivity (Wildman–Crippen MR) is 179 cm³/mol. The number of fused-ring (bicyclic) bond motifs is 1. The number of likely N-dealkylation sites (tertiary alicyclic amines) is 1. The molecular weight excluding hydrogens is 592 g/mol. The Hall–Kier alpha value is -5.01. The highest BCUT2D eigenvalue weighted by Gasteiger charge is 2.35. The van der Waals surface area contributed by atoms with Crippen molar-refractivity contribution in [1.82, 2.24) is 24.7 Å². The van der Waals surface area contributed by atoms with E-state index in [4.69, 9.17) is 5.26 Å². The molecule has 2 heterocycles. The number of rotatable bonds is 14. The maximum Gasteiger partial charge on any atom is 0.326 e. The molecule has 2 amide bonds. The number of nitriles is 1. The van der Waals surface area contributed by atoms with Crippen molar-refractivity contribution in [2.45, 2.75) is 64.7 Å². The van der Waals surface area contributed by atoms with Crippen LogP contribution >= 0.6 is 0 Å². The van der Waals surface area contributed by atoms with Gasteiger partial charge in [-0.3, -0.25) is 14.5 Å². The molecule has 0 spiro atoms. The van der Waals surface area contributed by atoms with Crippen molar-refractivity contribution < 1.29 is 20.9 Å². The molecule has 0 bridgehead atoms. The van der Waals surface area contributed by atoms with Crippen LogP contribution in [-0.2, 0) is 33.9 Å². The molecule has 10 nitrogen and oxygen atoms in total. The van der Waals surface area contributed by atoms with E-state index >= 15 is 0 Å². The molecule has 0 radical (unpaired) electrons. The summed E-state index contributed by atoms with van der Waals surface area (Å²) in [6, 6.07) is 22.0. The molecule has 0 aliphatic carbocycles. The molecule has 4 aromatic rings. The monoisotopic (exact) mass is 635 g/mol. The number of carboxylic acid groups (broad SMARTS) is 1. The number of hydrogen-bond acceptors (Lipinski definition) is 6. The summed E-state index contributed by atoms with van der Waals surface area (Å²) in [4.78, 5) is 46.6. The standard InChI is InChI=1S/C37H42N6O4/c1-3-26(2)33(40-35(44)18-31-20-39-25-42(31)21-28-15-13-27(19-38)14-16-28)23-41(24-36(45)43-17-7-12-34(43)37(46)47)22-30-10-6-9-29-8-4-5-11-32(29)30/h4-6,8-11,13-16,20,25-26,33-34H,3,7,12,17-18,21-24H2,1-2H3,(H,40,44)(H,46,47)/t26-,33+,34-/m0/s1/i24D/t24?,26-,33+,34-. The number of benzene rings is 3. The van der Waals surface area contributed by atoms with Crippen molar-refractivity contribution in [3.05, 3.63) is 102 Å². The third-order valence-corrected chi connectivity index (χ3v) is 9.05. The number of carbonyl (C=O) groups is 3. The van der Waals surface area contributed by atoms with Crippen molar-refractivity contribution in [2.75, 3.05) is 19.6 Å². The van der Waals surface area contributed by atoms with Crippen LogP contribution < -0.4 is 5.32 Å². The van der Waals surface area contributed by atoms with Gasteiger partial charge in [-0.05, 0) is 52.8 Å². The van der Waals surface area contributed by atoms with Crippen LogP contribution in [-0.4, -0.2) is 73.9 Å². The first kappa shape index (κ1) is 32.0. The molecule has 3 aromatic carbocycles. The van der Waals surface area contributed by atoms with Crippen molar-refractivity contribution in [2.24, 2.45) is 5.92 Å². The fraction of sp³-hybridized carbons (Fsp3) is 0.378. The number of nitrogens with zero attached hydrogens (tertiary/aromatic N) is 5. The lowest BCUT2D eigenvalue weighted by Crippen LogP contribution is -2.51. The zero-order chi connectivity index (χ0) is 34.2. The molecule has 1 saturated heterocycles. The lowest BCUT2D eigenvalue weighted by molar-refractivity contribution is -0.148. The van der Waals surface area contributed by atoms with Crippen molar-refractivity contribution in [3.8, 4) is 6.07 Å². The summed E-state index contributed by atoms with van der Waals surface area (Å²) in [7, 11) is 0. The molecule has 1 aromatic heterocycles. The van der Waals surface area contributed by atoms with Crippen LogP contribution in [0.5, 0.6) is 0 Å². The van der Waals surface area contributed by atoms with Crippen LogP contribution in [0.1, 0.15) is 56.9 Å². The minimum atomic E-state index is -1.36. The number of aliphatic carboxylic acids is 1. The number of imidazole rings is 1. The van der Waals surface area contributed by atoms with E-state index < -0.39 is 24.4 Å². The molecule has 1 aliphatic rings. The molecule has 1 aliphatic heterocycles. The molecular formula is C37H42N6O4. The second kappa shape index (κ2) is 15.5. The van der Waals surface area contributed by atoms with Crippen LogP contribution in [0.25, 0.3) is 10.8 Å². The van der Waals surface area contributed by atoms with Crippen LogP contribution in [0.3, 0.4) is 0 Å².